The number of nitrogens with zero attached hydrogens (tertiary/aromatic N) is 2. The Morgan fingerprint density at radius 2 is 2.10 bits per heavy atom. The Morgan fingerprint density at radius 1 is 1.30 bits per heavy atom. The topological polar surface area (TPSA) is 46.9 Å². The number of hydrogen-bond acceptors (Lipinski definition) is 2. The Morgan fingerprint density at radius 3 is 2.80 bits per heavy atom. The van der Waals surface area contributed by atoms with Crippen molar-refractivity contribution in [2.24, 2.45) is 0 Å². The van der Waals surface area contributed by atoms with Gasteiger partial charge in [0.15, 0.2) is 0 Å². The molecule has 106 valence electrons. The van der Waals surface area contributed by atoms with Crippen LogP contribution in [-0.4, -0.2) is 22.0 Å². The number of hydrogen-bond donors (Lipinski definition) is 1. The fraction of sp³-hybridized carbons (Fsp3) is 0.375. The van der Waals surface area contributed by atoms with Crippen molar-refractivity contribution in [3.8, 4) is 0 Å². The second-order valence-corrected chi connectivity index (χ2v) is 4.92. The summed E-state index contributed by atoms with van der Waals surface area (Å²) in [5.74, 6) is 0.0442. The number of amides is 1. The average Bonchev–Trinajstić information content (AvgIpc) is 3.01. The molecule has 0 aliphatic rings. The van der Waals surface area contributed by atoms with Crippen LogP contribution in [0.25, 0.3) is 0 Å². The van der Waals surface area contributed by atoms with E-state index in [4.69, 9.17) is 0 Å². The largest absolute Gasteiger partial charge is 0.354 e. The van der Waals surface area contributed by atoms with Gasteiger partial charge >= 0.3 is 0 Å². The van der Waals surface area contributed by atoms with E-state index in [2.05, 4.69) is 34.6 Å². The van der Waals surface area contributed by atoms with Gasteiger partial charge in [-0.2, -0.15) is 0 Å². The van der Waals surface area contributed by atoms with Crippen molar-refractivity contribution in [3.63, 3.8) is 0 Å². The Kier molecular flexibility index (Phi) is 5.35. The Bertz CT molecular complexity index is 508. The SMILES string of the molecule is C[C@H](C(=O)NCCCCc1ccccc1)n1ccnc1. The lowest BCUT2D eigenvalue weighted by Crippen LogP contribution is -2.31. The maximum atomic E-state index is 11.9. The molecule has 0 unspecified atom stereocenters. The first-order valence-electron chi connectivity index (χ1n) is 7.06. The fourth-order valence-electron chi connectivity index (χ4n) is 2.09. The molecule has 1 amide bonds. The molecule has 2 rings (SSSR count). The van der Waals surface area contributed by atoms with Gasteiger partial charge in [-0.1, -0.05) is 30.3 Å². The molecule has 1 aromatic heterocycles. The van der Waals surface area contributed by atoms with E-state index in [0.29, 0.717) is 0 Å². The van der Waals surface area contributed by atoms with Crippen molar-refractivity contribution in [3.05, 3.63) is 54.6 Å². The first-order valence-corrected chi connectivity index (χ1v) is 7.06. The molecule has 1 aromatic carbocycles. The normalized spacial score (nSPS) is 12.1. The molecule has 2 aromatic rings. The van der Waals surface area contributed by atoms with Gasteiger partial charge in [0.2, 0.25) is 5.91 Å². The van der Waals surface area contributed by atoms with Gasteiger partial charge in [-0.05, 0) is 31.7 Å². The number of unbranched alkanes of at least 4 members (excludes halogenated alkanes) is 1. The molecule has 1 N–H and O–H groups in total. The predicted octanol–water partition coefficient (Wildman–Crippen LogP) is 2.58. The summed E-state index contributed by atoms with van der Waals surface area (Å²) in [6.07, 6.45) is 8.30. The molecular formula is C16H21N3O. The number of carbonyl (C=O) groups excluding carboxylic acids is 1. The van der Waals surface area contributed by atoms with Crippen molar-refractivity contribution in [2.45, 2.75) is 32.2 Å². The number of imidazole rings is 1. The summed E-state index contributed by atoms with van der Waals surface area (Å²) >= 11 is 0. The maximum absolute atomic E-state index is 11.9. The molecule has 1 heterocycles. The first-order chi connectivity index (χ1) is 9.77. The quantitative estimate of drug-likeness (QED) is 0.787. The van der Waals surface area contributed by atoms with E-state index in [-0.39, 0.29) is 11.9 Å². The average molecular weight is 271 g/mol. The van der Waals surface area contributed by atoms with E-state index in [1.54, 1.807) is 23.3 Å². The summed E-state index contributed by atoms with van der Waals surface area (Å²) in [4.78, 5) is 15.9. The van der Waals surface area contributed by atoms with Crippen LogP contribution in [0.15, 0.2) is 49.1 Å². The Hall–Kier alpha value is -2.10. The zero-order valence-corrected chi connectivity index (χ0v) is 11.8. The highest BCUT2D eigenvalue weighted by atomic mass is 16.2. The highest BCUT2D eigenvalue weighted by Gasteiger charge is 2.12. The van der Waals surface area contributed by atoms with Crippen molar-refractivity contribution in [1.29, 1.82) is 0 Å². The van der Waals surface area contributed by atoms with E-state index in [1.807, 2.05) is 13.0 Å². The van der Waals surface area contributed by atoms with Gasteiger partial charge in [0.05, 0.1) is 6.33 Å². The molecule has 0 fully saturated rings. The second-order valence-electron chi connectivity index (χ2n) is 4.92. The lowest BCUT2D eigenvalue weighted by molar-refractivity contribution is -0.123. The van der Waals surface area contributed by atoms with E-state index in [1.165, 1.54) is 5.56 Å². The van der Waals surface area contributed by atoms with Gasteiger partial charge in [0, 0.05) is 18.9 Å². The van der Waals surface area contributed by atoms with Crippen LogP contribution in [-0.2, 0) is 11.2 Å². The van der Waals surface area contributed by atoms with Crippen LogP contribution in [0.4, 0.5) is 0 Å². The third kappa shape index (κ3) is 4.23. The van der Waals surface area contributed by atoms with Gasteiger partial charge in [-0.3, -0.25) is 4.79 Å². The molecule has 0 bridgehead atoms. The van der Waals surface area contributed by atoms with Crippen LogP contribution >= 0.6 is 0 Å². The van der Waals surface area contributed by atoms with E-state index < -0.39 is 0 Å². The smallest absolute Gasteiger partial charge is 0.242 e. The minimum absolute atomic E-state index is 0.0442. The highest BCUT2D eigenvalue weighted by Crippen LogP contribution is 2.06. The van der Waals surface area contributed by atoms with E-state index >= 15 is 0 Å². The monoisotopic (exact) mass is 271 g/mol. The van der Waals surface area contributed by atoms with Gasteiger partial charge in [0.1, 0.15) is 6.04 Å². The molecule has 4 heteroatoms. The van der Waals surface area contributed by atoms with Crippen molar-refractivity contribution >= 4 is 5.91 Å². The number of nitrogens with one attached hydrogen (secondary N) is 1. The summed E-state index contributed by atoms with van der Waals surface area (Å²) in [5, 5.41) is 2.97. The fourth-order valence-corrected chi connectivity index (χ4v) is 2.09. The molecule has 0 aliphatic heterocycles. The predicted molar refractivity (Wildman–Crippen MR) is 79.3 cm³/mol. The lowest BCUT2D eigenvalue weighted by atomic mass is 10.1. The van der Waals surface area contributed by atoms with Gasteiger partial charge < -0.3 is 9.88 Å². The number of rotatable bonds is 7. The standard InChI is InChI=1S/C16H21N3O/c1-14(19-12-11-17-13-19)16(20)18-10-6-5-9-15-7-3-2-4-8-15/h2-4,7-8,11-14H,5-6,9-10H2,1H3,(H,18,20)/t14-/m1/s1. The van der Waals surface area contributed by atoms with Gasteiger partial charge in [-0.15, -0.1) is 0 Å². The number of benzene rings is 1. The van der Waals surface area contributed by atoms with E-state index in [9.17, 15) is 4.79 Å². The van der Waals surface area contributed by atoms with Crippen LogP contribution in [0.5, 0.6) is 0 Å². The van der Waals surface area contributed by atoms with Crippen LogP contribution in [0, 0.1) is 0 Å². The molecule has 0 saturated heterocycles. The summed E-state index contributed by atoms with van der Waals surface area (Å²) in [7, 11) is 0. The minimum atomic E-state index is -0.202. The van der Waals surface area contributed by atoms with Gasteiger partial charge in [-0.25, -0.2) is 4.98 Å². The zero-order chi connectivity index (χ0) is 14.2. The molecule has 0 saturated carbocycles. The molecule has 20 heavy (non-hydrogen) atoms. The van der Waals surface area contributed by atoms with Gasteiger partial charge in [0.25, 0.3) is 0 Å². The Labute approximate surface area is 119 Å². The second kappa shape index (κ2) is 7.48. The van der Waals surface area contributed by atoms with Crippen molar-refractivity contribution in [1.82, 2.24) is 14.9 Å². The van der Waals surface area contributed by atoms with Crippen molar-refractivity contribution in [2.75, 3.05) is 6.54 Å². The summed E-state index contributed by atoms with van der Waals surface area (Å²) in [6, 6.07) is 10.2. The van der Waals surface area contributed by atoms with Crippen LogP contribution < -0.4 is 5.32 Å². The van der Waals surface area contributed by atoms with Crippen LogP contribution in [0.3, 0.4) is 0 Å². The molecule has 0 radical (unpaired) electrons. The van der Waals surface area contributed by atoms with Crippen molar-refractivity contribution < 1.29 is 4.79 Å². The maximum Gasteiger partial charge on any atom is 0.242 e. The van der Waals surface area contributed by atoms with E-state index in [0.717, 1.165) is 25.8 Å². The summed E-state index contributed by atoms with van der Waals surface area (Å²) in [6.45, 7) is 2.60. The minimum Gasteiger partial charge on any atom is -0.354 e. The Balaban J connectivity index is 1.62. The summed E-state index contributed by atoms with van der Waals surface area (Å²) in [5.41, 5.74) is 1.35. The molecule has 4 nitrogen and oxygen atoms in total. The first kappa shape index (κ1) is 14.3. The number of carbonyl (C=O) groups is 1. The number of aryl methyl sites for hydroxylation is 1. The summed E-state index contributed by atoms with van der Waals surface area (Å²) < 4.78 is 1.80. The molecule has 0 aliphatic carbocycles. The zero-order valence-electron chi connectivity index (χ0n) is 11.8. The number of aromatic nitrogens is 2. The van der Waals surface area contributed by atoms with Crippen LogP contribution in [0.2, 0.25) is 0 Å². The molecule has 0 spiro atoms. The molecular weight excluding hydrogens is 250 g/mol. The third-order valence-corrected chi connectivity index (χ3v) is 3.39. The highest BCUT2D eigenvalue weighted by molar-refractivity contribution is 5.79. The molecule has 1 atom stereocenters. The lowest BCUT2D eigenvalue weighted by Gasteiger charge is -2.13. The van der Waals surface area contributed by atoms with Crippen LogP contribution in [0.1, 0.15) is 31.4 Å². The third-order valence-electron chi connectivity index (χ3n) is 3.39.